The molecule has 0 aliphatic carbocycles. The van der Waals surface area contributed by atoms with E-state index < -0.39 is 0 Å². The van der Waals surface area contributed by atoms with Crippen molar-refractivity contribution < 1.29 is 9.18 Å². The molecule has 8 heteroatoms. The van der Waals surface area contributed by atoms with E-state index in [4.69, 9.17) is 0 Å². The van der Waals surface area contributed by atoms with Gasteiger partial charge in [-0.15, -0.1) is 11.3 Å². The molecule has 0 fully saturated rings. The Morgan fingerprint density at radius 2 is 1.85 bits per heavy atom. The maximum Gasteiger partial charge on any atom is 0.224 e. The van der Waals surface area contributed by atoms with E-state index in [-0.39, 0.29) is 18.1 Å². The lowest BCUT2D eigenvalue weighted by molar-refractivity contribution is -0.120. The second-order valence-electron chi connectivity index (χ2n) is 5.75. The van der Waals surface area contributed by atoms with Crippen LogP contribution in [0.2, 0.25) is 0 Å². The normalized spacial score (nSPS) is 11.3. The van der Waals surface area contributed by atoms with Gasteiger partial charge in [0, 0.05) is 25.0 Å². The molecule has 0 spiro atoms. The van der Waals surface area contributed by atoms with Crippen molar-refractivity contribution >= 4 is 23.2 Å². The number of nitrogens with one attached hydrogen (secondary N) is 3. The fourth-order valence-electron chi connectivity index (χ4n) is 2.23. The Labute approximate surface area is 157 Å². The summed E-state index contributed by atoms with van der Waals surface area (Å²) in [6, 6.07) is 5.93. The summed E-state index contributed by atoms with van der Waals surface area (Å²) in [6.45, 7) is 5.67. The summed E-state index contributed by atoms with van der Waals surface area (Å²) in [5, 5.41) is 10.2. The number of aromatic nitrogens is 1. The molecule has 0 unspecified atom stereocenters. The zero-order chi connectivity index (χ0) is 18.9. The number of carbonyl (C=O) groups excluding carboxylic acids is 1. The molecular formula is C18H24FN5OS. The number of benzene rings is 1. The summed E-state index contributed by atoms with van der Waals surface area (Å²) in [5.41, 5.74) is 1.84. The molecule has 140 valence electrons. The third kappa shape index (κ3) is 6.44. The van der Waals surface area contributed by atoms with E-state index in [1.807, 2.05) is 6.92 Å². The van der Waals surface area contributed by atoms with Crippen LogP contribution in [0.15, 0.2) is 29.3 Å². The molecule has 1 aromatic carbocycles. The lowest BCUT2D eigenvalue weighted by Gasteiger charge is -2.11. The van der Waals surface area contributed by atoms with Gasteiger partial charge in [0.05, 0.1) is 18.7 Å². The van der Waals surface area contributed by atoms with Gasteiger partial charge in [-0.25, -0.2) is 9.37 Å². The fraction of sp³-hybridized carbons (Fsp3) is 0.389. The third-order valence-corrected chi connectivity index (χ3v) is 4.79. The van der Waals surface area contributed by atoms with Crippen LogP contribution in [0, 0.1) is 19.7 Å². The number of carbonyl (C=O) groups is 1. The maximum atomic E-state index is 12.8. The number of hydrogen-bond donors (Lipinski definition) is 3. The smallest absolute Gasteiger partial charge is 0.224 e. The molecule has 0 aliphatic rings. The molecule has 26 heavy (non-hydrogen) atoms. The van der Waals surface area contributed by atoms with Crippen LogP contribution in [0.5, 0.6) is 0 Å². The fourth-order valence-corrected chi connectivity index (χ4v) is 3.10. The number of guanidine groups is 1. The van der Waals surface area contributed by atoms with E-state index >= 15 is 0 Å². The van der Waals surface area contributed by atoms with Crippen LogP contribution < -0.4 is 16.0 Å². The summed E-state index contributed by atoms with van der Waals surface area (Å²) < 4.78 is 12.8. The lowest BCUT2D eigenvalue weighted by Crippen LogP contribution is -2.41. The van der Waals surface area contributed by atoms with E-state index in [1.165, 1.54) is 17.0 Å². The summed E-state index contributed by atoms with van der Waals surface area (Å²) in [5.74, 6) is 0.249. The molecule has 1 heterocycles. The van der Waals surface area contributed by atoms with Crippen LogP contribution in [0.25, 0.3) is 0 Å². The zero-order valence-corrected chi connectivity index (χ0v) is 16.0. The Morgan fingerprint density at radius 1 is 1.15 bits per heavy atom. The van der Waals surface area contributed by atoms with Gasteiger partial charge in [-0.3, -0.25) is 9.79 Å². The van der Waals surface area contributed by atoms with Crippen LogP contribution in [0.4, 0.5) is 4.39 Å². The van der Waals surface area contributed by atoms with Gasteiger partial charge >= 0.3 is 0 Å². The number of halogens is 1. The average Bonchev–Trinajstić information content (AvgIpc) is 2.94. The second-order valence-corrected chi connectivity index (χ2v) is 7.04. The SMILES string of the molecule is CN=C(NCCNC(=O)Cc1ccc(F)cc1)NCc1nc(C)c(C)s1. The van der Waals surface area contributed by atoms with E-state index in [1.54, 1.807) is 30.5 Å². The van der Waals surface area contributed by atoms with Gasteiger partial charge in [0.15, 0.2) is 5.96 Å². The highest BCUT2D eigenvalue weighted by molar-refractivity contribution is 7.11. The predicted molar refractivity (Wildman–Crippen MR) is 103 cm³/mol. The van der Waals surface area contributed by atoms with Crippen LogP contribution >= 0.6 is 11.3 Å². The Hall–Kier alpha value is -2.48. The average molecular weight is 377 g/mol. The maximum absolute atomic E-state index is 12.8. The number of amides is 1. The minimum Gasteiger partial charge on any atom is -0.355 e. The van der Waals surface area contributed by atoms with Gasteiger partial charge in [-0.1, -0.05) is 12.1 Å². The van der Waals surface area contributed by atoms with Gasteiger partial charge in [0.25, 0.3) is 0 Å². The van der Waals surface area contributed by atoms with Crippen molar-refractivity contribution in [2.45, 2.75) is 26.8 Å². The molecule has 0 saturated carbocycles. The number of aryl methyl sites for hydroxylation is 2. The largest absolute Gasteiger partial charge is 0.355 e. The van der Waals surface area contributed by atoms with Gasteiger partial charge < -0.3 is 16.0 Å². The molecular weight excluding hydrogens is 353 g/mol. The summed E-state index contributed by atoms with van der Waals surface area (Å²) >= 11 is 1.66. The van der Waals surface area contributed by atoms with Crippen molar-refractivity contribution in [2.24, 2.45) is 4.99 Å². The summed E-state index contributed by atoms with van der Waals surface area (Å²) in [4.78, 5) is 21.7. The van der Waals surface area contributed by atoms with Crippen molar-refractivity contribution in [2.75, 3.05) is 20.1 Å². The summed E-state index contributed by atoms with van der Waals surface area (Å²) in [7, 11) is 1.70. The van der Waals surface area contributed by atoms with Crippen LogP contribution in [0.3, 0.4) is 0 Å². The summed E-state index contributed by atoms with van der Waals surface area (Å²) in [6.07, 6.45) is 0.232. The first-order valence-corrected chi connectivity index (χ1v) is 9.18. The molecule has 0 atom stereocenters. The standard InChI is InChI=1S/C18H24FN5OS/c1-12-13(2)26-17(24-12)11-23-18(20-3)22-9-8-21-16(25)10-14-4-6-15(19)7-5-14/h4-7H,8-11H2,1-3H3,(H,21,25)(H2,20,22,23). The molecule has 0 bridgehead atoms. The third-order valence-electron chi connectivity index (χ3n) is 3.72. The molecule has 0 radical (unpaired) electrons. The van der Waals surface area contributed by atoms with Crippen molar-refractivity contribution in [3.63, 3.8) is 0 Å². The first kappa shape index (κ1) is 19.8. The molecule has 0 saturated heterocycles. The molecule has 2 rings (SSSR count). The van der Waals surface area contributed by atoms with E-state index in [0.29, 0.717) is 25.6 Å². The molecule has 3 N–H and O–H groups in total. The number of hydrogen-bond acceptors (Lipinski definition) is 4. The Morgan fingerprint density at radius 3 is 2.46 bits per heavy atom. The monoisotopic (exact) mass is 377 g/mol. The molecule has 2 aromatic rings. The number of thiazole rings is 1. The first-order valence-electron chi connectivity index (χ1n) is 8.36. The van der Waals surface area contributed by atoms with Crippen molar-refractivity contribution in [1.29, 1.82) is 0 Å². The Balaban J connectivity index is 1.65. The van der Waals surface area contributed by atoms with E-state index in [2.05, 4.69) is 32.9 Å². The second kappa shape index (κ2) is 9.86. The lowest BCUT2D eigenvalue weighted by atomic mass is 10.1. The van der Waals surface area contributed by atoms with Crippen molar-refractivity contribution in [3.05, 3.63) is 51.2 Å². The Bertz CT molecular complexity index is 738. The highest BCUT2D eigenvalue weighted by Crippen LogP contribution is 2.15. The van der Waals surface area contributed by atoms with Gasteiger partial charge in [0.2, 0.25) is 5.91 Å². The van der Waals surface area contributed by atoms with Gasteiger partial charge in [-0.05, 0) is 31.5 Å². The van der Waals surface area contributed by atoms with Crippen LogP contribution in [0.1, 0.15) is 21.1 Å². The molecule has 1 amide bonds. The molecule has 6 nitrogen and oxygen atoms in total. The van der Waals surface area contributed by atoms with Gasteiger partial charge in [0.1, 0.15) is 10.8 Å². The number of nitrogens with zero attached hydrogens (tertiary/aromatic N) is 2. The van der Waals surface area contributed by atoms with E-state index in [9.17, 15) is 9.18 Å². The first-order chi connectivity index (χ1) is 12.5. The van der Waals surface area contributed by atoms with Crippen LogP contribution in [-0.4, -0.2) is 37.0 Å². The highest BCUT2D eigenvalue weighted by atomic mass is 32.1. The Kier molecular flexibility index (Phi) is 7.53. The molecule has 1 aromatic heterocycles. The van der Waals surface area contributed by atoms with E-state index in [0.717, 1.165) is 16.3 Å². The van der Waals surface area contributed by atoms with Crippen LogP contribution in [-0.2, 0) is 17.8 Å². The van der Waals surface area contributed by atoms with Gasteiger partial charge in [-0.2, -0.15) is 0 Å². The number of aliphatic imine (C=N–C) groups is 1. The van der Waals surface area contributed by atoms with Crippen molar-refractivity contribution in [3.8, 4) is 0 Å². The number of rotatable bonds is 7. The predicted octanol–water partition coefficient (Wildman–Crippen LogP) is 1.92. The zero-order valence-electron chi connectivity index (χ0n) is 15.2. The highest BCUT2D eigenvalue weighted by Gasteiger charge is 2.06. The van der Waals surface area contributed by atoms with Crippen molar-refractivity contribution in [1.82, 2.24) is 20.9 Å². The molecule has 0 aliphatic heterocycles. The minimum absolute atomic E-state index is 0.102. The minimum atomic E-state index is -0.305. The topological polar surface area (TPSA) is 78.4 Å². The quantitative estimate of drug-likeness (QED) is 0.391.